The molecule has 5 rings (SSSR count). The number of aromatic amines is 1. The average molecular weight is 341 g/mol. The first-order chi connectivity index (χ1) is 12.8. The second kappa shape index (κ2) is 5.74. The summed E-state index contributed by atoms with van der Waals surface area (Å²) in [4.78, 5) is 0. The first-order valence-electron chi connectivity index (χ1n) is 8.49. The average Bonchev–Trinajstić information content (AvgIpc) is 3.40. The highest BCUT2D eigenvalue weighted by atomic mass is 16.5. The molecular weight excluding hydrogens is 326 g/mol. The highest BCUT2D eigenvalue weighted by molar-refractivity contribution is 5.94. The van der Waals surface area contributed by atoms with Crippen LogP contribution in [0.25, 0.3) is 22.2 Å². The summed E-state index contributed by atoms with van der Waals surface area (Å²) in [5.74, 6) is 0. The topological polar surface area (TPSA) is 90.5 Å². The lowest BCUT2D eigenvalue weighted by atomic mass is 10.0. The first-order valence-corrected chi connectivity index (χ1v) is 8.49. The maximum absolute atomic E-state index is 9.07. The van der Waals surface area contributed by atoms with Crippen molar-refractivity contribution in [3.8, 4) is 17.3 Å². The van der Waals surface area contributed by atoms with Crippen LogP contribution in [0.15, 0.2) is 53.4 Å². The zero-order valence-electron chi connectivity index (χ0n) is 13.9. The van der Waals surface area contributed by atoms with E-state index in [0.717, 1.165) is 46.3 Å². The standard InChI is InChI=1S/C20H15N5O/c21-9-12-1-4-16-13(7-12)2-5-18(16)23-15-3-6-19-17(8-15)20(25-24-19)14-10-22-26-11-14/h1,3-4,6-8,10-11,18,23H,2,5H2,(H,24,25). The Morgan fingerprint density at radius 1 is 1.23 bits per heavy atom. The molecule has 2 N–H and O–H groups in total. The van der Waals surface area contributed by atoms with Crippen LogP contribution in [0.1, 0.15) is 29.2 Å². The largest absolute Gasteiger partial charge is 0.378 e. The highest BCUT2D eigenvalue weighted by Gasteiger charge is 2.23. The van der Waals surface area contributed by atoms with Gasteiger partial charge in [0.15, 0.2) is 0 Å². The van der Waals surface area contributed by atoms with E-state index in [2.05, 4.69) is 44.9 Å². The van der Waals surface area contributed by atoms with Gasteiger partial charge in [-0.05, 0) is 54.3 Å². The summed E-state index contributed by atoms with van der Waals surface area (Å²) in [6.07, 6.45) is 5.26. The molecule has 1 aliphatic rings. The van der Waals surface area contributed by atoms with Gasteiger partial charge >= 0.3 is 0 Å². The van der Waals surface area contributed by atoms with Gasteiger partial charge in [0.2, 0.25) is 0 Å². The summed E-state index contributed by atoms with van der Waals surface area (Å²) in [6, 6.07) is 14.6. The summed E-state index contributed by atoms with van der Waals surface area (Å²) in [7, 11) is 0. The van der Waals surface area contributed by atoms with Crippen molar-refractivity contribution in [2.24, 2.45) is 0 Å². The number of nitriles is 1. The molecule has 2 aromatic carbocycles. The van der Waals surface area contributed by atoms with Crippen LogP contribution in [-0.4, -0.2) is 15.4 Å². The number of fused-ring (bicyclic) bond motifs is 2. The number of nitrogens with one attached hydrogen (secondary N) is 2. The lowest BCUT2D eigenvalue weighted by Gasteiger charge is -2.16. The van der Waals surface area contributed by atoms with Gasteiger partial charge in [0.1, 0.15) is 12.0 Å². The van der Waals surface area contributed by atoms with E-state index in [4.69, 9.17) is 9.78 Å². The molecule has 6 heteroatoms. The fourth-order valence-electron chi connectivity index (χ4n) is 3.68. The van der Waals surface area contributed by atoms with Crippen molar-refractivity contribution in [1.82, 2.24) is 15.4 Å². The van der Waals surface area contributed by atoms with Gasteiger partial charge in [-0.25, -0.2) is 0 Å². The quantitative estimate of drug-likeness (QED) is 0.583. The molecule has 6 nitrogen and oxygen atoms in total. The van der Waals surface area contributed by atoms with Crippen LogP contribution < -0.4 is 5.32 Å². The first kappa shape index (κ1) is 14.7. The van der Waals surface area contributed by atoms with E-state index in [1.807, 2.05) is 18.2 Å². The van der Waals surface area contributed by atoms with Crippen LogP contribution in [0, 0.1) is 11.3 Å². The Bertz CT molecular complexity index is 1140. The molecule has 0 radical (unpaired) electrons. The van der Waals surface area contributed by atoms with E-state index >= 15 is 0 Å². The number of aromatic nitrogens is 3. The normalized spacial score (nSPS) is 15.7. The minimum absolute atomic E-state index is 0.251. The van der Waals surface area contributed by atoms with Gasteiger partial charge in [0.05, 0.1) is 35.0 Å². The van der Waals surface area contributed by atoms with Gasteiger partial charge < -0.3 is 9.84 Å². The molecule has 1 aliphatic carbocycles. The van der Waals surface area contributed by atoms with Crippen LogP contribution in [0.2, 0.25) is 0 Å². The fourth-order valence-corrected chi connectivity index (χ4v) is 3.68. The second-order valence-electron chi connectivity index (χ2n) is 6.51. The van der Waals surface area contributed by atoms with Crippen molar-refractivity contribution in [3.05, 3.63) is 65.5 Å². The van der Waals surface area contributed by atoms with E-state index in [9.17, 15) is 0 Å². The van der Waals surface area contributed by atoms with E-state index < -0.39 is 0 Å². The summed E-state index contributed by atoms with van der Waals surface area (Å²) in [5, 5.41) is 24.9. The molecule has 1 atom stereocenters. The molecule has 0 spiro atoms. The maximum atomic E-state index is 9.07. The smallest absolute Gasteiger partial charge is 0.133 e. The molecule has 4 aromatic rings. The molecule has 0 fully saturated rings. The third kappa shape index (κ3) is 2.33. The van der Waals surface area contributed by atoms with E-state index in [1.54, 1.807) is 12.5 Å². The van der Waals surface area contributed by atoms with Crippen molar-refractivity contribution < 1.29 is 4.52 Å². The van der Waals surface area contributed by atoms with Crippen LogP contribution in [-0.2, 0) is 6.42 Å². The number of hydrogen-bond acceptors (Lipinski definition) is 5. The Hall–Kier alpha value is -3.59. The Morgan fingerprint density at radius 2 is 2.19 bits per heavy atom. The molecule has 1 unspecified atom stereocenters. The van der Waals surface area contributed by atoms with Crippen molar-refractivity contribution in [2.75, 3.05) is 5.32 Å². The van der Waals surface area contributed by atoms with Crippen molar-refractivity contribution in [3.63, 3.8) is 0 Å². The number of rotatable bonds is 3. The maximum Gasteiger partial charge on any atom is 0.133 e. The Balaban J connectivity index is 1.48. The van der Waals surface area contributed by atoms with Gasteiger partial charge in [0.25, 0.3) is 0 Å². The predicted octanol–water partition coefficient (Wildman–Crippen LogP) is 4.19. The number of H-pyrrole nitrogens is 1. The molecule has 2 heterocycles. The molecule has 2 aromatic heterocycles. The number of anilines is 1. The minimum atomic E-state index is 0.251. The molecule has 0 saturated heterocycles. The van der Waals surface area contributed by atoms with E-state index in [-0.39, 0.29) is 6.04 Å². The molecular formula is C20H15N5O. The van der Waals surface area contributed by atoms with Crippen LogP contribution in [0.5, 0.6) is 0 Å². The Morgan fingerprint density at radius 3 is 3.04 bits per heavy atom. The summed E-state index contributed by atoms with van der Waals surface area (Å²) >= 11 is 0. The third-order valence-electron chi connectivity index (χ3n) is 4.96. The zero-order chi connectivity index (χ0) is 17.5. The number of benzene rings is 2. The van der Waals surface area contributed by atoms with Crippen LogP contribution >= 0.6 is 0 Å². The molecule has 126 valence electrons. The number of aryl methyl sites for hydroxylation is 1. The van der Waals surface area contributed by atoms with E-state index in [0.29, 0.717) is 0 Å². The summed E-state index contributed by atoms with van der Waals surface area (Å²) in [5.41, 5.74) is 6.95. The summed E-state index contributed by atoms with van der Waals surface area (Å²) in [6.45, 7) is 0. The van der Waals surface area contributed by atoms with Crippen molar-refractivity contribution >= 4 is 16.6 Å². The SMILES string of the molecule is N#Cc1ccc2c(c1)CCC2Nc1ccc2[nH]nc(-c3cnoc3)c2c1. The Labute approximate surface area is 149 Å². The van der Waals surface area contributed by atoms with Crippen LogP contribution in [0.4, 0.5) is 5.69 Å². The Kier molecular flexibility index (Phi) is 3.25. The highest BCUT2D eigenvalue weighted by Crippen LogP contribution is 2.35. The fraction of sp³-hybridized carbons (Fsp3) is 0.150. The predicted molar refractivity (Wildman–Crippen MR) is 97.4 cm³/mol. The lowest BCUT2D eigenvalue weighted by Crippen LogP contribution is -2.06. The van der Waals surface area contributed by atoms with Crippen LogP contribution in [0.3, 0.4) is 0 Å². The lowest BCUT2D eigenvalue weighted by molar-refractivity contribution is 0.420. The molecule has 26 heavy (non-hydrogen) atoms. The van der Waals surface area contributed by atoms with Crippen molar-refractivity contribution in [2.45, 2.75) is 18.9 Å². The van der Waals surface area contributed by atoms with E-state index in [1.165, 1.54) is 11.1 Å². The minimum Gasteiger partial charge on any atom is -0.378 e. The molecule has 0 bridgehead atoms. The number of hydrogen-bond donors (Lipinski definition) is 2. The van der Waals surface area contributed by atoms with Gasteiger partial charge in [-0.3, -0.25) is 5.10 Å². The third-order valence-corrected chi connectivity index (χ3v) is 4.96. The van der Waals surface area contributed by atoms with Gasteiger partial charge in [-0.2, -0.15) is 10.4 Å². The van der Waals surface area contributed by atoms with Gasteiger partial charge in [-0.1, -0.05) is 11.2 Å². The molecule has 0 amide bonds. The second-order valence-corrected chi connectivity index (χ2v) is 6.51. The monoisotopic (exact) mass is 341 g/mol. The zero-order valence-corrected chi connectivity index (χ0v) is 13.9. The summed E-state index contributed by atoms with van der Waals surface area (Å²) < 4.78 is 4.94. The molecule has 0 saturated carbocycles. The number of nitrogens with zero attached hydrogens (tertiary/aromatic N) is 3. The van der Waals surface area contributed by atoms with Gasteiger partial charge in [0, 0.05) is 11.1 Å². The van der Waals surface area contributed by atoms with Gasteiger partial charge in [-0.15, -0.1) is 0 Å². The molecule has 0 aliphatic heterocycles. The van der Waals surface area contributed by atoms with Crippen molar-refractivity contribution in [1.29, 1.82) is 5.26 Å².